The lowest BCUT2D eigenvalue weighted by molar-refractivity contribution is -0.391. The van der Waals surface area contributed by atoms with Gasteiger partial charge in [0.05, 0.1) is 9.85 Å². The normalized spacial score (nSPS) is 12.1. The first-order valence-electron chi connectivity index (χ1n) is 4.85. The minimum atomic E-state index is -6.28. The van der Waals surface area contributed by atoms with E-state index in [-0.39, 0.29) is 0 Å². The van der Waals surface area contributed by atoms with Gasteiger partial charge in [0, 0.05) is 0 Å². The van der Waals surface area contributed by atoms with E-state index in [2.05, 4.69) is 0 Å². The highest BCUT2D eigenvalue weighted by molar-refractivity contribution is 7.92. The van der Waals surface area contributed by atoms with Crippen molar-refractivity contribution in [2.24, 2.45) is 0 Å². The van der Waals surface area contributed by atoms with Gasteiger partial charge in [0.2, 0.25) is 0 Å². The molecule has 1 rings (SSSR count). The molecule has 0 fully saturated rings. The molecule has 122 valence electrons. The highest BCUT2D eigenvalue weighted by Gasteiger charge is 2.52. The summed E-state index contributed by atoms with van der Waals surface area (Å²) in [6, 6.07) is 0. The van der Waals surface area contributed by atoms with Gasteiger partial charge in [-0.3, -0.25) is 20.2 Å². The topological polar surface area (TPSA) is 198 Å². The van der Waals surface area contributed by atoms with Gasteiger partial charge in [-0.25, -0.2) is 8.42 Å². The van der Waals surface area contributed by atoms with Crippen molar-refractivity contribution in [1.82, 2.24) is 0 Å². The van der Waals surface area contributed by atoms with Crippen LogP contribution in [0.2, 0.25) is 0 Å². The number of hydrogen-bond acceptors (Lipinski definition) is 9. The second-order valence-corrected chi connectivity index (χ2v) is 5.61. The first-order chi connectivity index (χ1) is 9.75. The third kappa shape index (κ3) is 2.30. The summed E-state index contributed by atoms with van der Waals surface area (Å²) >= 11 is 0. The Morgan fingerprint density at radius 3 is 1.41 bits per heavy atom. The average Bonchev–Trinajstić information content (AvgIpc) is 2.24. The van der Waals surface area contributed by atoms with Crippen molar-refractivity contribution in [3.05, 3.63) is 20.2 Å². The van der Waals surface area contributed by atoms with Crippen LogP contribution in [0.25, 0.3) is 0 Å². The van der Waals surface area contributed by atoms with Gasteiger partial charge < -0.3 is 17.2 Å². The second kappa shape index (κ2) is 4.86. The van der Waals surface area contributed by atoms with Crippen molar-refractivity contribution in [3.8, 4) is 0 Å². The standard InChI is InChI=1S/C7H6F3N5O6S/c8-7(9,10)22(20,21)6-2(12)4(14(16)17)1(11)5(3(6)13)15(18)19/h11-13H2. The lowest BCUT2D eigenvalue weighted by Crippen LogP contribution is -2.26. The Morgan fingerprint density at radius 2 is 1.18 bits per heavy atom. The van der Waals surface area contributed by atoms with E-state index in [0.717, 1.165) is 0 Å². The van der Waals surface area contributed by atoms with Crippen LogP contribution in [0, 0.1) is 20.2 Å². The highest BCUT2D eigenvalue weighted by Crippen LogP contribution is 2.49. The van der Waals surface area contributed by atoms with E-state index in [4.69, 9.17) is 17.2 Å². The van der Waals surface area contributed by atoms with Gasteiger partial charge in [0.1, 0.15) is 16.3 Å². The molecule has 0 aliphatic heterocycles. The van der Waals surface area contributed by atoms with Crippen LogP contribution in [0.1, 0.15) is 0 Å². The van der Waals surface area contributed by atoms with Crippen LogP contribution in [0.4, 0.5) is 41.6 Å². The molecule has 0 aromatic heterocycles. The largest absolute Gasteiger partial charge is 0.502 e. The van der Waals surface area contributed by atoms with Gasteiger partial charge >= 0.3 is 16.9 Å². The number of nitrogens with zero attached hydrogens (tertiary/aromatic N) is 2. The Kier molecular flexibility index (Phi) is 3.80. The molecular weight excluding hydrogens is 339 g/mol. The average molecular weight is 345 g/mol. The molecule has 0 saturated carbocycles. The number of nitro benzene ring substituents is 2. The number of sulfone groups is 1. The summed E-state index contributed by atoms with van der Waals surface area (Å²) in [6.45, 7) is 0. The van der Waals surface area contributed by atoms with E-state index in [9.17, 15) is 41.8 Å². The summed E-state index contributed by atoms with van der Waals surface area (Å²) in [6.07, 6.45) is 0. The zero-order chi connectivity index (χ0) is 17.6. The number of hydrogen-bond donors (Lipinski definition) is 3. The minimum absolute atomic E-state index is 1.26. The highest BCUT2D eigenvalue weighted by atomic mass is 32.2. The van der Waals surface area contributed by atoms with Crippen LogP contribution >= 0.6 is 0 Å². The molecule has 0 heterocycles. The number of nitrogen functional groups attached to an aromatic ring is 3. The molecule has 0 atom stereocenters. The summed E-state index contributed by atoms with van der Waals surface area (Å²) in [7, 11) is -6.28. The van der Waals surface area contributed by atoms with Crippen molar-refractivity contribution < 1.29 is 31.4 Å². The van der Waals surface area contributed by atoms with Crippen molar-refractivity contribution in [3.63, 3.8) is 0 Å². The van der Waals surface area contributed by atoms with Crippen molar-refractivity contribution in [2.45, 2.75) is 10.4 Å². The molecule has 1 aromatic carbocycles. The van der Waals surface area contributed by atoms with Gasteiger partial charge in [0.25, 0.3) is 9.84 Å². The molecule has 6 N–H and O–H groups in total. The van der Waals surface area contributed by atoms with Gasteiger partial charge in [-0.15, -0.1) is 0 Å². The SMILES string of the molecule is Nc1c([N+](=O)[O-])c(N)c(S(=O)(=O)C(F)(F)F)c(N)c1[N+](=O)[O-]. The van der Waals surface area contributed by atoms with Crippen LogP contribution in [0.3, 0.4) is 0 Å². The number of alkyl halides is 3. The van der Waals surface area contributed by atoms with Crippen molar-refractivity contribution >= 4 is 38.3 Å². The Bertz CT molecular complexity index is 748. The molecule has 22 heavy (non-hydrogen) atoms. The fourth-order valence-electron chi connectivity index (χ4n) is 1.56. The van der Waals surface area contributed by atoms with E-state index in [1.807, 2.05) is 0 Å². The van der Waals surface area contributed by atoms with E-state index in [1.54, 1.807) is 0 Å². The van der Waals surface area contributed by atoms with E-state index in [1.165, 1.54) is 0 Å². The smallest absolute Gasteiger partial charge is 0.392 e. The molecule has 0 aliphatic rings. The Hall–Kier alpha value is -2.84. The van der Waals surface area contributed by atoms with Crippen LogP contribution < -0.4 is 17.2 Å². The maximum Gasteiger partial charge on any atom is 0.502 e. The summed E-state index contributed by atoms with van der Waals surface area (Å²) in [5.41, 5.74) is 1.78. The Balaban J connectivity index is 4.14. The number of anilines is 3. The molecule has 0 radical (unpaired) electrons. The van der Waals surface area contributed by atoms with Crippen molar-refractivity contribution in [2.75, 3.05) is 17.2 Å². The molecule has 0 saturated heterocycles. The fourth-order valence-corrected chi connectivity index (χ4v) is 2.56. The Labute approximate surface area is 118 Å². The minimum Gasteiger partial charge on any atom is -0.392 e. The van der Waals surface area contributed by atoms with Crippen LogP contribution in [0.15, 0.2) is 4.90 Å². The predicted octanol–water partition coefficient (Wildman–Crippen LogP) is 0.543. The van der Waals surface area contributed by atoms with Gasteiger partial charge in [0.15, 0.2) is 5.69 Å². The third-order valence-corrected chi connectivity index (χ3v) is 4.04. The molecule has 0 unspecified atom stereocenters. The summed E-state index contributed by atoms with van der Waals surface area (Å²) in [5, 5.41) is 21.5. The molecule has 0 aliphatic carbocycles. The fraction of sp³-hybridized carbons (Fsp3) is 0.143. The zero-order valence-electron chi connectivity index (χ0n) is 10.1. The predicted molar refractivity (Wildman–Crippen MR) is 66.2 cm³/mol. The number of rotatable bonds is 3. The first-order valence-corrected chi connectivity index (χ1v) is 6.34. The maximum absolute atomic E-state index is 12.6. The molecule has 0 amide bonds. The van der Waals surface area contributed by atoms with Gasteiger partial charge in [-0.1, -0.05) is 0 Å². The van der Waals surface area contributed by atoms with E-state index in [0.29, 0.717) is 0 Å². The van der Waals surface area contributed by atoms with Crippen molar-refractivity contribution in [1.29, 1.82) is 0 Å². The molecule has 0 bridgehead atoms. The van der Waals surface area contributed by atoms with Crippen LogP contribution in [-0.4, -0.2) is 23.8 Å². The lowest BCUT2D eigenvalue weighted by Gasteiger charge is -2.14. The monoisotopic (exact) mass is 345 g/mol. The number of nitrogens with two attached hydrogens (primary N) is 3. The van der Waals surface area contributed by atoms with E-state index < -0.39 is 58.5 Å². The van der Waals surface area contributed by atoms with Gasteiger partial charge in [-0.05, 0) is 0 Å². The molecule has 0 spiro atoms. The number of nitro groups is 2. The number of benzene rings is 1. The number of halogens is 3. The molecule has 15 heteroatoms. The third-order valence-electron chi connectivity index (χ3n) is 2.45. The lowest BCUT2D eigenvalue weighted by atomic mass is 10.1. The molecular formula is C7H6F3N5O6S. The molecule has 1 aromatic rings. The zero-order valence-corrected chi connectivity index (χ0v) is 10.9. The molecule has 11 nitrogen and oxygen atoms in total. The Morgan fingerprint density at radius 1 is 0.864 bits per heavy atom. The van der Waals surface area contributed by atoms with Crippen LogP contribution in [0.5, 0.6) is 0 Å². The summed E-state index contributed by atoms with van der Waals surface area (Å²) in [5.74, 6) is 0. The summed E-state index contributed by atoms with van der Waals surface area (Å²) in [4.78, 5) is 16.6. The second-order valence-electron chi connectivity index (χ2n) is 3.73. The quantitative estimate of drug-likeness (QED) is 0.397. The maximum atomic E-state index is 12.6. The van der Waals surface area contributed by atoms with Gasteiger partial charge in [-0.2, -0.15) is 13.2 Å². The first kappa shape index (κ1) is 17.2. The van der Waals surface area contributed by atoms with E-state index >= 15 is 0 Å². The van der Waals surface area contributed by atoms with Crippen LogP contribution in [-0.2, 0) is 9.84 Å². The summed E-state index contributed by atoms with van der Waals surface area (Å²) < 4.78 is 60.5.